The summed E-state index contributed by atoms with van der Waals surface area (Å²) in [7, 11) is -3.65. The van der Waals surface area contributed by atoms with E-state index in [-0.39, 0.29) is 29.8 Å². The fourth-order valence-corrected chi connectivity index (χ4v) is 4.74. The van der Waals surface area contributed by atoms with Crippen LogP contribution >= 0.6 is 11.3 Å². The molecule has 0 aliphatic carbocycles. The molecular formula is C17H18N4O5S2. The molecule has 9 nitrogen and oxygen atoms in total. The number of carbonyl (C=O) groups excluding carboxylic acids is 2. The number of aliphatic imine (C=N–C) groups is 1. The number of benzene rings is 1. The van der Waals surface area contributed by atoms with E-state index in [0.29, 0.717) is 22.9 Å². The van der Waals surface area contributed by atoms with Gasteiger partial charge in [0.15, 0.2) is 5.13 Å². The minimum atomic E-state index is -3.65. The number of esters is 1. The molecule has 1 N–H and O–H groups in total. The minimum Gasteiger partial charge on any atom is -0.458 e. The van der Waals surface area contributed by atoms with Gasteiger partial charge < -0.3 is 4.74 Å². The zero-order chi connectivity index (χ0) is 20.3. The molecule has 0 spiro atoms. The first kappa shape index (κ1) is 20.0. The third-order valence-corrected chi connectivity index (χ3v) is 6.19. The fraction of sp³-hybridized carbons (Fsp3) is 0.294. The van der Waals surface area contributed by atoms with Gasteiger partial charge in [-0.25, -0.2) is 13.4 Å². The summed E-state index contributed by atoms with van der Waals surface area (Å²) < 4.78 is 31.5. The van der Waals surface area contributed by atoms with Crippen molar-refractivity contribution < 1.29 is 22.7 Å². The van der Waals surface area contributed by atoms with E-state index >= 15 is 0 Å². The van der Waals surface area contributed by atoms with Crippen molar-refractivity contribution in [3.63, 3.8) is 0 Å². The molecule has 1 aliphatic rings. The number of aromatic nitrogens is 1. The lowest BCUT2D eigenvalue weighted by molar-refractivity contribution is -0.143. The highest BCUT2D eigenvalue weighted by molar-refractivity contribution is 7.90. The molecule has 0 saturated heterocycles. The lowest BCUT2D eigenvalue weighted by Gasteiger charge is -2.14. The third-order valence-electron chi connectivity index (χ3n) is 3.88. The fourth-order valence-electron chi connectivity index (χ4n) is 2.57. The maximum absolute atomic E-state index is 12.0. The number of nitrogens with one attached hydrogen (secondary N) is 1. The van der Waals surface area contributed by atoms with Crippen LogP contribution in [0.2, 0.25) is 0 Å². The molecule has 0 saturated carbocycles. The Kier molecular flexibility index (Phi) is 5.75. The summed E-state index contributed by atoms with van der Waals surface area (Å²) in [5, 5.41) is 2.25. The average Bonchev–Trinajstić information content (AvgIpc) is 3.21. The lowest BCUT2D eigenvalue weighted by Crippen LogP contribution is -2.27. The Balaban J connectivity index is 1.60. The number of rotatable bonds is 6. The number of hydrogen-bond donors (Lipinski definition) is 1. The van der Waals surface area contributed by atoms with Crippen LogP contribution in [0.25, 0.3) is 0 Å². The molecule has 1 aliphatic heterocycles. The van der Waals surface area contributed by atoms with E-state index in [1.165, 1.54) is 29.2 Å². The van der Waals surface area contributed by atoms with E-state index in [4.69, 9.17) is 4.74 Å². The largest absolute Gasteiger partial charge is 0.458 e. The van der Waals surface area contributed by atoms with E-state index < -0.39 is 16.0 Å². The number of fused-ring (bicyclic) bond motifs is 1. The van der Waals surface area contributed by atoms with Crippen LogP contribution in [0.1, 0.15) is 25.1 Å². The van der Waals surface area contributed by atoms with Crippen LogP contribution < -0.4 is 9.62 Å². The number of anilines is 1. The normalized spacial score (nSPS) is 15.7. The first-order valence-electron chi connectivity index (χ1n) is 8.36. The average molecular weight is 422 g/mol. The van der Waals surface area contributed by atoms with Crippen molar-refractivity contribution >= 4 is 44.2 Å². The molecule has 0 unspecified atom stereocenters. The van der Waals surface area contributed by atoms with Crippen molar-refractivity contribution in [2.75, 3.05) is 18.0 Å². The Labute approximate surface area is 166 Å². The van der Waals surface area contributed by atoms with Gasteiger partial charge in [0.05, 0.1) is 10.6 Å². The Morgan fingerprint density at radius 1 is 1.32 bits per heavy atom. The minimum absolute atomic E-state index is 0.0576. The number of nitrogens with zero attached hydrogens (tertiary/aromatic N) is 3. The molecule has 0 bridgehead atoms. The van der Waals surface area contributed by atoms with Gasteiger partial charge in [-0.1, -0.05) is 12.1 Å². The number of sulfonamides is 1. The van der Waals surface area contributed by atoms with Gasteiger partial charge >= 0.3 is 5.97 Å². The predicted octanol–water partition coefficient (Wildman–Crippen LogP) is 1.30. The molecule has 148 valence electrons. The van der Waals surface area contributed by atoms with Crippen LogP contribution in [0.5, 0.6) is 0 Å². The predicted molar refractivity (Wildman–Crippen MR) is 104 cm³/mol. The van der Waals surface area contributed by atoms with Gasteiger partial charge in [-0.2, -0.15) is 0 Å². The summed E-state index contributed by atoms with van der Waals surface area (Å²) in [4.78, 5) is 33.4. The summed E-state index contributed by atoms with van der Waals surface area (Å²) in [6.07, 6.45) is 0. The molecule has 3 rings (SSSR count). The van der Waals surface area contributed by atoms with Gasteiger partial charge in [0, 0.05) is 24.4 Å². The van der Waals surface area contributed by atoms with E-state index in [0.717, 1.165) is 0 Å². The first-order chi connectivity index (χ1) is 13.3. The summed E-state index contributed by atoms with van der Waals surface area (Å²) in [6, 6.07) is 6.39. The lowest BCUT2D eigenvalue weighted by atomic mass is 10.2. The summed E-state index contributed by atoms with van der Waals surface area (Å²) in [6.45, 7) is 3.41. The smallest absolute Gasteiger partial charge is 0.328 e. The quantitative estimate of drug-likeness (QED) is 0.701. The van der Waals surface area contributed by atoms with E-state index in [1.807, 2.05) is 6.92 Å². The summed E-state index contributed by atoms with van der Waals surface area (Å²) in [5.41, 5.74) is 0.941. The van der Waals surface area contributed by atoms with Crippen molar-refractivity contribution in [1.82, 2.24) is 9.71 Å². The number of amidine groups is 1. The van der Waals surface area contributed by atoms with Crippen LogP contribution in [-0.4, -0.2) is 44.2 Å². The SMILES string of the molecule is CCN(C(C)=O)c1nc(COC(=O)CN=C2NS(=O)(=O)c3ccccc32)cs1. The Morgan fingerprint density at radius 3 is 2.79 bits per heavy atom. The van der Waals surface area contributed by atoms with Gasteiger partial charge in [0.1, 0.15) is 19.0 Å². The summed E-state index contributed by atoms with van der Waals surface area (Å²) >= 11 is 1.29. The monoisotopic (exact) mass is 422 g/mol. The number of ether oxygens (including phenoxy) is 1. The second-order valence-corrected chi connectivity index (χ2v) is 8.30. The van der Waals surface area contributed by atoms with Crippen molar-refractivity contribution in [2.24, 2.45) is 4.99 Å². The van der Waals surface area contributed by atoms with Crippen molar-refractivity contribution in [3.05, 3.63) is 40.9 Å². The summed E-state index contributed by atoms with van der Waals surface area (Å²) in [5.74, 6) is -0.622. The number of thiazole rings is 1. The molecule has 0 fully saturated rings. The highest BCUT2D eigenvalue weighted by atomic mass is 32.2. The van der Waals surface area contributed by atoms with Crippen molar-refractivity contribution in [3.8, 4) is 0 Å². The maximum Gasteiger partial charge on any atom is 0.328 e. The molecule has 1 aromatic heterocycles. The number of carbonyl (C=O) groups is 2. The molecule has 28 heavy (non-hydrogen) atoms. The molecule has 1 aromatic carbocycles. The van der Waals surface area contributed by atoms with Gasteiger partial charge in [-0.15, -0.1) is 11.3 Å². The van der Waals surface area contributed by atoms with Crippen LogP contribution in [0.3, 0.4) is 0 Å². The van der Waals surface area contributed by atoms with Crippen LogP contribution in [0.15, 0.2) is 39.5 Å². The van der Waals surface area contributed by atoms with Crippen LogP contribution in [0.4, 0.5) is 5.13 Å². The van der Waals surface area contributed by atoms with Gasteiger partial charge in [-0.3, -0.25) is 24.2 Å². The number of hydrogen-bond acceptors (Lipinski definition) is 8. The van der Waals surface area contributed by atoms with Crippen molar-refractivity contribution in [1.29, 1.82) is 0 Å². The molecule has 2 aromatic rings. The Hall–Kier alpha value is -2.79. The molecule has 0 radical (unpaired) electrons. The standard InChI is InChI=1S/C17H18N4O5S2/c1-3-21(11(2)22)17-19-12(10-27-17)9-26-15(23)8-18-16-13-6-4-5-7-14(13)28(24,25)20-16/h4-7,10H,3,8-9H2,1-2H3,(H,18,20). The molecule has 0 atom stereocenters. The van der Waals surface area contributed by atoms with Gasteiger partial charge in [0.25, 0.3) is 10.0 Å². The molecular weight excluding hydrogens is 404 g/mol. The first-order valence-corrected chi connectivity index (χ1v) is 10.7. The van der Waals surface area contributed by atoms with E-state index in [9.17, 15) is 18.0 Å². The highest BCUT2D eigenvalue weighted by Gasteiger charge is 2.30. The van der Waals surface area contributed by atoms with Crippen LogP contribution in [0, 0.1) is 0 Å². The zero-order valence-electron chi connectivity index (χ0n) is 15.2. The Morgan fingerprint density at radius 2 is 2.07 bits per heavy atom. The molecule has 1 amide bonds. The van der Waals surface area contributed by atoms with Gasteiger partial charge in [-0.05, 0) is 19.1 Å². The van der Waals surface area contributed by atoms with Crippen molar-refractivity contribution in [2.45, 2.75) is 25.3 Å². The topological polar surface area (TPSA) is 118 Å². The second-order valence-electron chi connectivity index (χ2n) is 5.81. The highest BCUT2D eigenvalue weighted by Crippen LogP contribution is 2.22. The second kappa shape index (κ2) is 8.07. The molecule has 2 heterocycles. The van der Waals surface area contributed by atoms with Gasteiger partial charge in [0.2, 0.25) is 5.91 Å². The van der Waals surface area contributed by atoms with Crippen LogP contribution in [-0.2, 0) is 31.0 Å². The third kappa shape index (κ3) is 4.20. The Bertz CT molecular complexity index is 1050. The number of amides is 1. The maximum atomic E-state index is 12.0. The van der Waals surface area contributed by atoms with E-state index in [2.05, 4.69) is 14.7 Å². The zero-order valence-corrected chi connectivity index (χ0v) is 16.8. The van der Waals surface area contributed by atoms with E-state index in [1.54, 1.807) is 23.6 Å². The molecule has 11 heteroatoms.